The monoisotopic (exact) mass is 446 g/mol. The van der Waals surface area contributed by atoms with Crippen molar-refractivity contribution in [3.05, 3.63) is 53.6 Å². The average Bonchev–Trinajstić information content (AvgIpc) is 3.35. The van der Waals surface area contributed by atoms with Gasteiger partial charge < -0.3 is 14.8 Å². The summed E-state index contributed by atoms with van der Waals surface area (Å²) in [5, 5.41) is 10.6. The van der Waals surface area contributed by atoms with Crippen molar-refractivity contribution < 1.29 is 19.1 Å². The van der Waals surface area contributed by atoms with Gasteiger partial charge in [-0.1, -0.05) is 18.2 Å². The van der Waals surface area contributed by atoms with Crippen molar-refractivity contribution in [3.63, 3.8) is 0 Å². The SMILES string of the molecule is COc1ccccc1-c1n[nH]c2c1CCCc1cc(N3CC(CNC(C)=O)OC3=O)ccc1-2. The maximum atomic E-state index is 12.4. The van der Waals surface area contributed by atoms with E-state index in [1.54, 1.807) is 12.0 Å². The van der Waals surface area contributed by atoms with Gasteiger partial charge in [-0.05, 0) is 49.1 Å². The van der Waals surface area contributed by atoms with Gasteiger partial charge in [0.1, 0.15) is 11.9 Å². The van der Waals surface area contributed by atoms with Gasteiger partial charge in [0.25, 0.3) is 0 Å². The molecule has 2 aromatic carbocycles. The predicted molar refractivity (Wildman–Crippen MR) is 124 cm³/mol. The van der Waals surface area contributed by atoms with E-state index in [1.807, 2.05) is 36.4 Å². The Hall–Kier alpha value is -3.81. The van der Waals surface area contributed by atoms with E-state index in [9.17, 15) is 9.59 Å². The fraction of sp³-hybridized carbons (Fsp3) is 0.320. The van der Waals surface area contributed by atoms with Crippen molar-refractivity contribution in [2.45, 2.75) is 32.3 Å². The molecular weight excluding hydrogens is 420 g/mol. The second-order valence-corrected chi connectivity index (χ2v) is 8.37. The molecule has 1 saturated heterocycles. The number of carbonyl (C=O) groups excluding carboxylic acids is 2. The molecule has 170 valence electrons. The summed E-state index contributed by atoms with van der Waals surface area (Å²) in [4.78, 5) is 25.3. The van der Waals surface area contributed by atoms with Crippen LogP contribution in [0, 0.1) is 0 Å². The molecule has 3 aromatic rings. The lowest BCUT2D eigenvalue weighted by Crippen LogP contribution is -2.33. The van der Waals surface area contributed by atoms with Crippen LogP contribution in [-0.4, -0.2) is 48.5 Å². The van der Waals surface area contributed by atoms with Gasteiger partial charge in [0.2, 0.25) is 5.91 Å². The lowest BCUT2D eigenvalue weighted by atomic mass is 9.99. The number of anilines is 1. The van der Waals surface area contributed by atoms with Crippen LogP contribution in [0.5, 0.6) is 5.75 Å². The predicted octanol–water partition coefficient (Wildman–Crippen LogP) is 3.70. The molecule has 1 fully saturated rings. The van der Waals surface area contributed by atoms with Crippen LogP contribution in [0.1, 0.15) is 24.5 Å². The van der Waals surface area contributed by atoms with Gasteiger partial charge in [-0.15, -0.1) is 0 Å². The Kier molecular flexibility index (Phi) is 5.50. The summed E-state index contributed by atoms with van der Waals surface area (Å²) in [5.74, 6) is 0.658. The molecule has 8 heteroatoms. The Balaban J connectivity index is 1.45. The number of cyclic esters (lactones) is 1. The molecule has 0 spiro atoms. The fourth-order valence-corrected chi connectivity index (χ4v) is 4.65. The van der Waals surface area contributed by atoms with Crippen LogP contribution >= 0.6 is 0 Å². The average molecular weight is 447 g/mol. The molecule has 0 saturated carbocycles. The number of aryl methyl sites for hydroxylation is 1. The third kappa shape index (κ3) is 3.92. The molecule has 1 aliphatic carbocycles. The number of nitrogens with one attached hydrogen (secondary N) is 2. The summed E-state index contributed by atoms with van der Waals surface area (Å²) in [6, 6.07) is 14.0. The van der Waals surface area contributed by atoms with Crippen molar-refractivity contribution in [2.24, 2.45) is 0 Å². The zero-order valence-corrected chi connectivity index (χ0v) is 18.7. The van der Waals surface area contributed by atoms with E-state index in [2.05, 4.69) is 21.6 Å². The van der Waals surface area contributed by atoms with Gasteiger partial charge in [-0.2, -0.15) is 5.10 Å². The van der Waals surface area contributed by atoms with E-state index in [0.29, 0.717) is 13.1 Å². The number of aromatic nitrogens is 2. The first-order chi connectivity index (χ1) is 16.0. The van der Waals surface area contributed by atoms with Gasteiger partial charge in [-0.3, -0.25) is 14.8 Å². The van der Waals surface area contributed by atoms with Crippen molar-refractivity contribution in [2.75, 3.05) is 25.1 Å². The molecule has 1 aromatic heterocycles. The molecule has 2 heterocycles. The normalized spacial score (nSPS) is 17.1. The second-order valence-electron chi connectivity index (χ2n) is 8.37. The van der Waals surface area contributed by atoms with Crippen LogP contribution in [-0.2, 0) is 22.4 Å². The highest BCUT2D eigenvalue weighted by molar-refractivity contribution is 5.91. The number of ether oxygens (including phenoxy) is 2. The Morgan fingerprint density at radius 1 is 1.24 bits per heavy atom. The lowest BCUT2D eigenvalue weighted by molar-refractivity contribution is -0.119. The maximum absolute atomic E-state index is 12.4. The lowest BCUT2D eigenvalue weighted by Gasteiger charge is -2.16. The number of carbonyl (C=O) groups is 2. The molecular formula is C25H26N4O4. The van der Waals surface area contributed by atoms with E-state index in [0.717, 1.165) is 53.2 Å². The standard InChI is InChI=1S/C25H26N4O4/c1-15(30)26-13-18-14-29(25(31)33-18)17-10-11-19-16(12-17)6-5-8-21-23(19)27-28-24(21)20-7-3-4-9-22(20)32-2/h3-4,7,9-12,18H,5-6,8,13-14H2,1-2H3,(H,26,30)(H,27,28). The minimum absolute atomic E-state index is 0.141. The summed E-state index contributed by atoms with van der Waals surface area (Å²) in [6.45, 7) is 2.17. The summed E-state index contributed by atoms with van der Waals surface area (Å²) in [6.07, 6.45) is 2.02. The van der Waals surface area contributed by atoms with E-state index in [1.165, 1.54) is 18.1 Å². The van der Waals surface area contributed by atoms with E-state index in [-0.39, 0.29) is 18.1 Å². The minimum Gasteiger partial charge on any atom is -0.496 e. The summed E-state index contributed by atoms with van der Waals surface area (Å²) in [7, 11) is 1.67. The minimum atomic E-state index is -0.389. The van der Waals surface area contributed by atoms with E-state index >= 15 is 0 Å². The van der Waals surface area contributed by atoms with Crippen molar-refractivity contribution in [1.82, 2.24) is 15.5 Å². The molecule has 1 unspecified atom stereocenters. The first kappa shape index (κ1) is 21.1. The highest BCUT2D eigenvalue weighted by atomic mass is 16.6. The zero-order valence-electron chi connectivity index (χ0n) is 18.7. The van der Waals surface area contributed by atoms with E-state index < -0.39 is 0 Å². The molecule has 2 N–H and O–H groups in total. The summed E-state index contributed by atoms with van der Waals surface area (Å²) >= 11 is 0. The van der Waals surface area contributed by atoms with Gasteiger partial charge in [0.05, 0.1) is 31.6 Å². The first-order valence-electron chi connectivity index (χ1n) is 11.1. The van der Waals surface area contributed by atoms with Crippen LogP contribution in [0.25, 0.3) is 22.5 Å². The van der Waals surface area contributed by atoms with Gasteiger partial charge in [-0.25, -0.2) is 4.79 Å². The quantitative estimate of drug-likeness (QED) is 0.623. The number of hydrogen-bond acceptors (Lipinski definition) is 5. The Morgan fingerprint density at radius 2 is 2.09 bits per heavy atom. The molecule has 2 aliphatic rings. The summed E-state index contributed by atoms with van der Waals surface area (Å²) in [5.41, 5.74) is 7.16. The second kappa shape index (κ2) is 8.61. The van der Waals surface area contributed by atoms with Crippen LogP contribution in [0.3, 0.4) is 0 Å². The maximum Gasteiger partial charge on any atom is 0.414 e. The number of amides is 2. The van der Waals surface area contributed by atoms with Crippen LogP contribution in [0.2, 0.25) is 0 Å². The van der Waals surface area contributed by atoms with Crippen LogP contribution in [0.4, 0.5) is 10.5 Å². The van der Waals surface area contributed by atoms with Crippen molar-refractivity contribution in [3.8, 4) is 28.3 Å². The van der Waals surface area contributed by atoms with E-state index in [4.69, 9.17) is 9.47 Å². The molecule has 8 nitrogen and oxygen atoms in total. The molecule has 2 amide bonds. The molecule has 5 rings (SSSR count). The Labute approximate surface area is 191 Å². The number of rotatable bonds is 5. The van der Waals surface area contributed by atoms with Crippen LogP contribution in [0.15, 0.2) is 42.5 Å². The van der Waals surface area contributed by atoms with Crippen LogP contribution < -0.4 is 15.0 Å². The molecule has 0 radical (unpaired) electrons. The van der Waals surface area contributed by atoms with Crippen molar-refractivity contribution >= 4 is 17.7 Å². The number of fused-ring (bicyclic) bond motifs is 3. The van der Waals surface area contributed by atoms with Gasteiger partial charge >= 0.3 is 6.09 Å². The smallest absolute Gasteiger partial charge is 0.414 e. The Morgan fingerprint density at radius 3 is 2.91 bits per heavy atom. The number of aromatic amines is 1. The number of benzene rings is 2. The topological polar surface area (TPSA) is 96.6 Å². The number of nitrogens with zero attached hydrogens (tertiary/aromatic N) is 2. The number of methoxy groups -OCH3 is 1. The summed E-state index contributed by atoms with van der Waals surface area (Å²) < 4.78 is 11.0. The molecule has 33 heavy (non-hydrogen) atoms. The third-order valence-electron chi connectivity index (χ3n) is 6.22. The number of H-pyrrole nitrogens is 1. The fourth-order valence-electron chi connectivity index (χ4n) is 4.65. The molecule has 0 bridgehead atoms. The first-order valence-corrected chi connectivity index (χ1v) is 11.1. The Bertz CT molecular complexity index is 1220. The number of para-hydroxylation sites is 1. The zero-order chi connectivity index (χ0) is 22.9. The molecule has 1 atom stereocenters. The van der Waals surface area contributed by atoms with Gasteiger partial charge in [0, 0.05) is 29.3 Å². The third-order valence-corrected chi connectivity index (χ3v) is 6.22. The highest BCUT2D eigenvalue weighted by Crippen LogP contribution is 2.40. The van der Waals surface area contributed by atoms with Crippen molar-refractivity contribution in [1.29, 1.82) is 0 Å². The number of hydrogen-bond donors (Lipinski definition) is 2. The molecule has 1 aliphatic heterocycles. The largest absolute Gasteiger partial charge is 0.496 e. The van der Waals surface area contributed by atoms with Gasteiger partial charge in [0.15, 0.2) is 0 Å². The highest BCUT2D eigenvalue weighted by Gasteiger charge is 2.33.